The highest BCUT2D eigenvalue weighted by atomic mass is 16.5. The molecule has 28 heavy (non-hydrogen) atoms. The Morgan fingerprint density at radius 2 is 1.93 bits per heavy atom. The number of benzene rings is 1. The van der Waals surface area contributed by atoms with Crippen molar-refractivity contribution in [2.75, 3.05) is 33.4 Å². The van der Waals surface area contributed by atoms with E-state index in [4.69, 9.17) is 9.47 Å². The Kier molecular flexibility index (Phi) is 5.08. The fourth-order valence-electron chi connectivity index (χ4n) is 3.56. The minimum absolute atomic E-state index is 0.0323. The highest BCUT2D eigenvalue weighted by molar-refractivity contribution is 6.02. The van der Waals surface area contributed by atoms with Gasteiger partial charge in [-0.3, -0.25) is 4.79 Å². The van der Waals surface area contributed by atoms with E-state index in [0.29, 0.717) is 32.2 Å². The standard InChI is InChI=1S/C21H22N4O3/c1-24-19(15-6-4-3-5-7-15)16(18-20(24)22-14-23-21(18)27-2)8-9-17(26)25-10-12-28-13-11-25/h3-9,14H,10-13H2,1-2H3/b9-8+. The molecule has 2 aromatic heterocycles. The van der Waals surface area contributed by atoms with Gasteiger partial charge in [-0.2, -0.15) is 0 Å². The molecule has 0 N–H and O–H groups in total. The highest BCUT2D eigenvalue weighted by Gasteiger charge is 2.21. The van der Waals surface area contributed by atoms with Gasteiger partial charge < -0.3 is 18.9 Å². The van der Waals surface area contributed by atoms with Crippen molar-refractivity contribution in [2.45, 2.75) is 0 Å². The number of hydrogen-bond donors (Lipinski definition) is 0. The summed E-state index contributed by atoms with van der Waals surface area (Å²) in [7, 11) is 3.54. The van der Waals surface area contributed by atoms with Gasteiger partial charge in [0, 0.05) is 31.8 Å². The smallest absolute Gasteiger partial charge is 0.246 e. The van der Waals surface area contributed by atoms with Crippen LogP contribution < -0.4 is 4.74 Å². The number of amides is 1. The second kappa shape index (κ2) is 7.82. The molecule has 3 heterocycles. The van der Waals surface area contributed by atoms with Gasteiger partial charge in [-0.25, -0.2) is 9.97 Å². The predicted molar refractivity (Wildman–Crippen MR) is 107 cm³/mol. The third kappa shape index (κ3) is 3.25. The van der Waals surface area contributed by atoms with Crippen molar-refractivity contribution in [1.29, 1.82) is 0 Å². The first-order chi connectivity index (χ1) is 13.7. The Hall–Kier alpha value is -3.19. The Morgan fingerprint density at radius 3 is 2.64 bits per heavy atom. The van der Waals surface area contributed by atoms with Crippen LogP contribution in [-0.4, -0.2) is 58.8 Å². The Morgan fingerprint density at radius 1 is 1.18 bits per heavy atom. The summed E-state index contributed by atoms with van der Waals surface area (Å²) in [4.78, 5) is 23.1. The first-order valence-electron chi connectivity index (χ1n) is 9.18. The molecule has 0 saturated carbocycles. The zero-order valence-corrected chi connectivity index (χ0v) is 16.0. The summed E-state index contributed by atoms with van der Waals surface area (Å²) in [5.74, 6) is 0.455. The van der Waals surface area contributed by atoms with Gasteiger partial charge in [0.05, 0.1) is 31.4 Å². The molecule has 0 aliphatic carbocycles. The molecule has 1 aromatic carbocycles. The monoisotopic (exact) mass is 378 g/mol. The van der Waals surface area contributed by atoms with Crippen LogP contribution in [0.15, 0.2) is 42.7 Å². The SMILES string of the molecule is COc1ncnc2c1c(/C=C/C(=O)N1CCOCC1)c(-c1ccccc1)n2C. The van der Waals surface area contributed by atoms with Gasteiger partial charge in [-0.15, -0.1) is 0 Å². The van der Waals surface area contributed by atoms with Crippen LogP contribution in [0.4, 0.5) is 0 Å². The van der Waals surface area contributed by atoms with Gasteiger partial charge in [0.1, 0.15) is 12.0 Å². The molecule has 0 bridgehead atoms. The van der Waals surface area contributed by atoms with Crippen LogP contribution in [0.1, 0.15) is 5.56 Å². The molecular formula is C21H22N4O3. The van der Waals surface area contributed by atoms with E-state index >= 15 is 0 Å². The fraction of sp³-hybridized carbons (Fsp3) is 0.286. The highest BCUT2D eigenvalue weighted by Crippen LogP contribution is 2.36. The summed E-state index contributed by atoms with van der Waals surface area (Å²) >= 11 is 0. The molecule has 1 aliphatic heterocycles. The number of rotatable bonds is 4. The van der Waals surface area contributed by atoms with E-state index in [2.05, 4.69) is 9.97 Å². The number of aryl methyl sites for hydroxylation is 1. The maximum Gasteiger partial charge on any atom is 0.246 e. The lowest BCUT2D eigenvalue weighted by atomic mass is 10.1. The van der Waals surface area contributed by atoms with Crippen LogP contribution in [0.5, 0.6) is 5.88 Å². The van der Waals surface area contributed by atoms with Gasteiger partial charge in [0.2, 0.25) is 11.8 Å². The number of methoxy groups -OCH3 is 1. The van der Waals surface area contributed by atoms with Crippen molar-refractivity contribution in [3.63, 3.8) is 0 Å². The summed E-state index contributed by atoms with van der Waals surface area (Å²) < 4.78 is 12.8. The topological polar surface area (TPSA) is 69.5 Å². The molecule has 1 fully saturated rings. The first-order valence-corrected chi connectivity index (χ1v) is 9.18. The van der Waals surface area contributed by atoms with Crippen molar-refractivity contribution >= 4 is 23.0 Å². The Labute approximate surface area is 163 Å². The van der Waals surface area contributed by atoms with E-state index in [-0.39, 0.29) is 5.91 Å². The molecular weight excluding hydrogens is 356 g/mol. The zero-order chi connectivity index (χ0) is 19.5. The molecule has 7 nitrogen and oxygen atoms in total. The molecule has 7 heteroatoms. The number of hydrogen-bond acceptors (Lipinski definition) is 5. The van der Waals surface area contributed by atoms with Crippen LogP contribution >= 0.6 is 0 Å². The molecule has 0 spiro atoms. The number of ether oxygens (including phenoxy) is 2. The lowest BCUT2D eigenvalue weighted by Crippen LogP contribution is -2.39. The molecule has 0 unspecified atom stereocenters. The molecule has 0 atom stereocenters. The zero-order valence-electron chi connectivity index (χ0n) is 16.0. The van der Waals surface area contributed by atoms with Crippen LogP contribution in [0.25, 0.3) is 28.4 Å². The summed E-state index contributed by atoms with van der Waals surface area (Å²) in [5, 5.41) is 0.789. The van der Waals surface area contributed by atoms with Crippen LogP contribution in [0.3, 0.4) is 0 Å². The second-order valence-electron chi connectivity index (χ2n) is 6.54. The van der Waals surface area contributed by atoms with E-state index in [0.717, 1.165) is 27.9 Å². The average molecular weight is 378 g/mol. The molecule has 1 aliphatic rings. The average Bonchev–Trinajstić information content (AvgIpc) is 3.05. The lowest BCUT2D eigenvalue weighted by Gasteiger charge is -2.25. The second-order valence-corrected chi connectivity index (χ2v) is 6.54. The van der Waals surface area contributed by atoms with Crippen molar-refractivity contribution in [3.05, 3.63) is 48.3 Å². The van der Waals surface area contributed by atoms with Gasteiger partial charge in [0.15, 0.2) is 0 Å². The van der Waals surface area contributed by atoms with Crippen LogP contribution in [0, 0.1) is 0 Å². The predicted octanol–water partition coefficient (Wildman–Crippen LogP) is 2.52. The maximum atomic E-state index is 12.6. The number of carbonyl (C=O) groups excluding carboxylic acids is 1. The largest absolute Gasteiger partial charge is 0.480 e. The summed E-state index contributed by atoms with van der Waals surface area (Å²) in [6.45, 7) is 2.36. The maximum absolute atomic E-state index is 12.6. The van der Waals surface area contributed by atoms with E-state index in [1.54, 1.807) is 18.1 Å². The number of carbonyl (C=O) groups is 1. The Bertz CT molecular complexity index is 1020. The third-order valence-electron chi connectivity index (χ3n) is 4.93. The summed E-state index contributed by atoms with van der Waals surface area (Å²) in [6.07, 6.45) is 4.94. The number of fused-ring (bicyclic) bond motifs is 1. The molecule has 0 radical (unpaired) electrons. The Balaban J connectivity index is 1.85. The number of aromatic nitrogens is 3. The fourth-order valence-corrected chi connectivity index (χ4v) is 3.56. The molecule has 1 saturated heterocycles. The quantitative estimate of drug-likeness (QED) is 0.653. The van der Waals surface area contributed by atoms with Crippen LogP contribution in [0.2, 0.25) is 0 Å². The van der Waals surface area contributed by atoms with E-state index in [1.807, 2.05) is 48.0 Å². The van der Waals surface area contributed by atoms with E-state index < -0.39 is 0 Å². The molecule has 144 valence electrons. The van der Waals surface area contributed by atoms with Gasteiger partial charge in [-0.1, -0.05) is 30.3 Å². The summed E-state index contributed by atoms with van der Waals surface area (Å²) in [6, 6.07) is 10.0. The van der Waals surface area contributed by atoms with Gasteiger partial charge >= 0.3 is 0 Å². The van der Waals surface area contributed by atoms with Crippen molar-refractivity contribution < 1.29 is 14.3 Å². The first kappa shape index (κ1) is 18.2. The minimum Gasteiger partial charge on any atom is -0.480 e. The third-order valence-corrected chi connectivity index (χ3v) is 4.93. The van der Waals surface area contributed by atoms with Gasteiger partial charge in [0.25, 0.3) is 0 Å². The normalized spacial score (nSPS) is 14.7. The number of morpholine rings is 1. The molecule has 3 aromatic rings. The lowest BCUT2D eigenvalue weighted by molar-refractivity contribution is -0.129. The number of nitrogens with zero attached hydrogens (tertiary/aromatic N) is 4. The van der Waals surface area contributed by atoms with Crippen molar-refractivity contribution in [3.8, 4) is 17.1 Å². The van der Waals surface area contributed by atoms with E-state index in [1.165, 1.54) is 6.33 Å². The van der Waals surface area contributed by atoms with Crippen molar-refractivity contribution in [1.82, 2.24) is 19.4 Å². The minimum atomic E-state index is -0.0323. The molecule has 4 rings (SSSR count). The van der Waals surface area contributed by atoms with Gasteiger partial charge in [-0.05, 0) is 11.6 Å². The summed E-state index contributed by atoms with van der Waals surface area (Å²) in [5.41, 5.74) is 3.61. The molecule has 1 amide bonds. The van der Waals surface area contributed by atoms with Crippen molar-refractivity contribution in [2.24, 2.45) is 7.05 Å². The van der Waals surface area contributed by atoms with Crippen LogP contribution in [-0.2, 0) is 16.6 Å². The van der Waals surface area contributed by atoms with E-state index in [9.17, 15) is 4.79 Å².